The Labute approximate surface area is 118 Å². The highest BCUT2D eigenvalue weighted by atomic mass is 15.3. The highest BCUT2D eigenvalue weighted by molar-refractivity contribution is 5.86. The molecule has 20 heavy (non-hydrogen) atoms. The van der Waals surface area contributed by atoms with Crippen LogP contribution < -0.4 is 5.32 Å². The molecule has 106 valence electrons. The molecule has 6 nitrogen and oxygen atoms in total. The van der Waals surface area contributed by atoms with Crippen molar-refractivity contribution in [1.82, 2.24) is 24.6 Å². The zero-order valence-corrected chi connectivity index (χ0v) is 11.8. The van der Waals surface area contributed by atoms with Gasteiger partial charge in [0.25, 0.3) is 0 Å². The zero-order chi connectivity index (χ0) is 13.5. The molecule has 2 aromatic rings. The fourth-order valence-electron chi connectivity index (χ4n) is 3.67. The van der Waals surface area contributed by atoms with Gasteiger partial charge in [-0.05, 0) is 25.8 Å². The van der Waals surface area contributed by atoms with Crippen molar-refractivity contribution in [1.29, 1.82) is 0 Å². The first kappa shape index (κ1) is 12.1. The van der Waals surface area contributed by atoms with Crippen LogP contribution in [0.4, 0.5) is 5.82 Å². The van der Waals surface area contributed by atoms with Crippen LogP contribution in [-0.4, -0.2) is 49.8 Å². The summed E-state index contributed by atoms with van der Waals surface area (Å²) in [7, 11) is 1.91. The van der Waals surface area contributed by atoms with E-state index in [4.69, 9.17) is 0 Å². The van der Waals surface area contributed by atoms with E-state index in [-0.39, 0.29) is 0 Å². The van der Waals surface area contributed by atoms with Gasteiger partial charge in [-0.2, -0.15) is 5.10 Å². The van der Waals surface area contributed by atoms with E-state index in [0.29, 0.717) is 12.1 Å². The number of piperidine rings is 1. The Morgan fingerprint density at radius 2 is 2.15 bits per heavy atom. The number of rotatable bonds is 2. The molecule has 1 N–H and O–H groups in total. The summed E-state index contributed by atoms with van der Waals surface area (Å²) in [5.41, 5.74) is 0.890. The number of hydrogen-bond donors (Lipinski definition) is 1. The van der Waals surface area contributed by atoms with Crippen molar-refractivity contribution in [2.75, 3.05) is 18.4 Å². The van der Waals surface area contributed by atoms with Gasteiger partial charge in [0.15, 0.2) is 5.65 Å². The van der Waals surface area contributed by atoms with Gasteiger partial charge in [-0.25, -0.2) is 9.97 Å². The minimum atomic E-state index is 0.508. The number of nitrogens with one attached hydrogen (secondary N) is 1. The van der Waals surface area contributed by atoms with Crippen LogP contribution in [0.3, 0.4) is 0 Å². The second-order valence-electron chi connectivity index (χ2n) is 5.87. The molecule has 0 bridgehead atoms. The van der Waals surface area contributed by atoms with Crippen molar-refractivity contribution in [2.24, 2.45) is 7.05 Å². The van der Waals surface area contributed by atoms with Crippen LogP contribution in [0.15, 0.2) is 12.5 Å². The van der Waals surface area contributed by atoms with E-state index >= 15 is 0 Å². The van der Waals surface area contributed by atoms with Crippen LogP contribution in [0, 0.1) is 0 Å². The molecule has 4 rings (SSSR count). The Balaban J connectivity index is 1.61. The molecule has 2 atom stereocenters. The molecule has 2 aromatic heterocycles. The van der Waals surface area contributed by atoms with E-state index in [9.17, 15) is 0 Å². The number of fused-ring (bicyclic) bond motifs is 2. The van der Waals surface area contributed by atoms with Crippen LogP contribution in [0.1, 0.15) is 25.7 Å². The zero-order valence-electron chi connectivity index (χ0n) is 11.8. The predicted octanol–water partition coefficient (Wildman–Crippen LogP) is 1.40. The lowest BCUT2D eigenvalue weighted by Crippen LogP contribution is -2.41. The van der Waals surface area contributed by atoms with Gasteiger partial charge < -0.3 is 5.32 Å². The summed E-state index contributed by atoms with van der Waals surface area (Å²) < 4.78 is 1.80. The molecule has 2 aliphatic heterocycles. The molecular formula is C14H20N6. The van der Waals surface area contributed by atoms with E-state index in [2.05, 4.69) is 25.3 Å². The number of hydrogen-bond acceptors (Lipinski definition) is 5. The normalized spacial score (nSPS) is 26.9. The highest BCUT2D eigenvalue weighted by Gasteiger charge is 2.35. The molecule has 0 aliphatic carbocycles. The van der Waals surface area contributed by atoms with Crippen LogP contribution in [0.2, 0.25) is 0 Å². The Bertz CT molecular complexity index is 621. The Kier molecular flexibility index (Phi) is 2.84. The van der Waals surface area contributed by atoms with E-state index in [1.54, 1.807) is 11.0 Å². The van der Waals surface area contributed by atoms with Gasteiger partial charge in [0.2, 0.25) is 0 Å². The first-order valence-corrected chi connectivity index (χ1v) is 7.46. The van der Waals surface area contributed by atoms with Crippen molar-refractivity contribution in [3.05, 3.63) is 12.5 Å². The summed E-state index contributed by atoms with van der Waals surface area (Å²) in [5.74, 6) is 0.931. The lowest BCUT2D eigenvalue weighted by molar-refractivity contribution is 0.192. The van der Waals surface area contributed by atoms with Crippen molar-refractivity contribution >= 4 is 16.9 Å². The van der Waals surface area contributed by atoms with E-state index in [0.717, 1.165) is 16.9 Å². The maximum absolute atomic E-state index is 4.43. The van der Waals surface area contributed by atoms with Crippen LogP contribution in [0.5, 0.6) is 0 Å². The van der Waals surface area contributed by atoms with Crippen molar-refractivity contribution in [3.63, 3.8) is 0 Å². The Hall–Kier alpha value is -1.69. The monoisotopic (exact) mass is 272 g/mol. The summed E-state index contributed by atoms with van der Waals surface area (Å²) >= 11 is 0. The first-order chi connectivity index (χ1) is 9.83. The lowest BCUT2D eigenvalue weighted by Gasteiger charge is -2.32. The minimum Gasteiger partial charge on any atom is -0.365 e. The standard InChI is InChI=1S/C14H20N6/c1-19-14-10(8-17-19)13(15-9-16-14)18-11-5-7-20-6-3-2-4-12(11)20/h8-9,11-12H,2-7H2,1H3,(H,15,16,18)/t11-,12-/m0/s1. The quantitative estimate of drug-likeness (QED) is 0.895. The number of anilines is 1. The summed E-state index contributed by atoms with van der Waals surface area (Å²) in [4.78, 5) is 11.4. The molecule has 0 amide bonds. The molecule has 0 saturated carbocycles. The fraction of sp³-hybridized carbons (Fsp3) is 0.643. The molecular weight excluding hydrogens is 252 g/mol. The molecule has 0 unspecified atom stereocenters. The molecule has 0 aromatic carbocycles. The molecule has 0 spiro atoms. The van der Waals surface area contributed by atoms with Gasteiger partial charge in [-0.3, -0.25) is 9.58 Å². The number of aromatic nitrogens is 4. The third kappa shape index (κ3) is 1.86. The second-order valence-corrected chi connectivity index (χ2v) is 5.87. The van der Waals surface area contributed by atoms with Gasteiger partial charge >= 0.3 is 0 Å². The Morgan fingerprint density at radius 3 is 3.10 bits per heavy atom. The average Bonchev–Trinajstić information content (AvgIpc) is 3.05. The Morgan fingerprint density at radius 1 is 1.20 bits per heavy atom. The van der Waals surface area contributed by atoms with Gasteiger partial charge in [-0.1, -0.05) is 6.42 Å². The van der Waals surface area contributed by atoms with Gasteiger partial charge in [0.05, 0.1) is 11.6 Å². The van der Waals surface area contributed by atoms with Crippen LogP contribution >= 0.6 is 0 Å². The molecule has 2 saturated heterocycles. The number of aryl methyl sites for hydroxylation is 1. The van der Waals surface area contributed by atoms with Crippen molar-refractivity contribution in [2.45, 2.75) is 37.8 Å². The molecule has 4 heterocycles. The third-order valence-electron chi connectivity index (χ3n) is 4.71. The summed E-state index contributed by atoms with van der Waals surface area (Å²) in [6, 6.07) is 1.18. The van der Waals surface area contributed by atoms with E-state index < -0.39 is 0 Å². The third-order valence-corrected chi connectivity index (χ3v) is 4.71. The maximum Gasteiger partial charge on any atom is 0.163 e. The van der Waals surface area contributed by atoms with E-state index in [1.165, 1.54) is 38.8 Å². The summed E-state index contributed by atoms with van der Waals surface area (Å²) in [5, 5.41) is 8.94. The fourth-order valence-corrected chi connectivity index (χ4v) is 3.67. The summed E-state index contributed by atoms with van der Waals surface area (Å²) in [6.45, 7) is 2.47. The smallest absolute Gasteiger partial charge is 0.163 e. The van der Waals surface area contributed by atoms with Gasteiger partial charge in [-0.15, -0.1) is 0 Å². The largest absolute Gasteiger partial charge is 0.365 e. The molecule has 0 radical (unpaired) electrons. The van der Waals surface area contributed by atoms with Crippen LogP contribution in [0.25, 0.3) is 11.0 Å². The highest BCUT2D eigenvalue weighted by Crippen LogP contribution is 2.30. The summed E-state index contributed by atoms with van der Waals surface area (Å²) in [6.07, 6.45) is 8.69. The second kappa shape index (κ2) is 4.70. The van der Waals surface area contributed by atoms with Gasteiger partial charge in [0, 0.05) is 25.7 Å². The molecule has 6 heteroatoms. The SMILES string of the molecule is Cn1ncc2c(N[C@H]3CCN4CCCC[C@@H]34)ncnc21. The number of nitrogens with zero attached hydrogens (tertiary/aromatic N) is 5. The topological polar surface area (TPSA) is 58.9 Å². The molecule has 2 aliphatic rings. The predicted molar refractivity (Wildman–Crippen MR) is 77.5 cm³/mol. The van der Waals surface area contributed by atoms with Crippen LogP contribution in [-0.2, 0) is 7.05 Å². The van der Waals surface area contributed by atoms with Gasteiger partial charge in [0.1, 0.15) is 12.1 Å². The first-order valence-electron chi connectivity index (χ1n) is 7.46. The van der Waals surface area contributed by atoms with Crippen molar-refractivity contribution < 1.29 is 0 Å². The van der Waals surface area contributed by atoms with E-state index in [1.807, 2.05) is 13.2 Å². The maximum atomic E-state index is 4.43. The molecule has 2 fully saturated rings. The minimum absolute atomic E-state index is 0.508. The average molecular weight is 272 g/mol. The van der Waals surface area contributed by atoms with Crippen molar-refractivity contribution in [3.8, 4) is 0 Å². The lowest BCUT2D eigenvalue weighted by atomic mass is 9.99.